The molecule has 0 aromatic carbocycles. The van der Waals surface area contributed by atoms with Crippen LogP contribution in [0, 0.1) is 11.8 Å². The summed E-state index contributed by atoms with van der Waals surface area (Å²) in [6.07, 6.45) is 3.20. The van der Waals surface area contributed by atoms with Gasteiger partial charge in [-0.1, -0.05) is 34.6 Å². The van der Waals surface area contributed by atoms with E-state index in [1.54, 1.807) is 32.7 Å². The van der Waals surface area contributed by atoms with E-state index in [4.69, 9.17) is 5.73 Å². The summed E-state index contributed by atoms with van der Waals surface area (Å²) >= 11 is 1.66. The summed E-state index contributed by atoms with van der Waals surface area (Å²) in [5.74, 6) is 1.52. The smallest absolute Gasteiger partial charge is 0.246 e. The van der Waals surface area contributed by atoms with Crippen molar-refractivity contribution in [2.24, 2.45) is 17.6 Å². The summed E-state index contributed by atoms with van der Waals surface area (Å²) in [5.41, 5.74) is 4.41. The molecule has 0 saturated heterocycles. The minimum Gasteiger partial charge on any atom is -0.390 e. The molecule has 0 aliphatic rings. The molecular weight excluding hydrogens is 476 g/mol. The topological polar surface area (TPSA) is 107 Å². The van der Waals surface area contributed by atoms with Crippen LogP contribution in [0.1, 0.15) is 80.6 Å². The number of amides is 3. The van der Waals surface area contributed by atoms with Gasteiger partial charge in [0.1, 0.15) is 12.1 Å². The lowest BCUT2D eigenvalue weighted by Gasteiger charge is -2.35. The molecule has 0 aromatic heterocycles. The lowest BCUT2D eigenvalue weighted by Crippen LogP contribution is -2.56. The van der Waals surface area contributed by atoms with Gasteiger partial charge >= 0.3 is 0 Å². The average Bonchev–Trinajstić information content (AvgIpc) is 2.74. The van der Waals surface area contributed by atoms with E-state index < -0.39 is 23.6 Å². The second-order valence-electron chi connectivity index (χ2n) is 11.5. The number of carbonyl (C=O) groups is 3. The van der Waals surface area contributed by atoms with Crippen LogP contribution in [0.15, 0.2) is 0 Å². The third kappa shape index (κ3) is 14.4. The van der Waals surface area contributed by atoms with Gasteiger partial charge in [0.15, 0.2) is 0 Å². The number of aliphatic hydroxyl groups is 1. The molecule has 3 N–H and O–H groups in total. The molecule has 212 valence electrons. The van der Waals surface area contributed by atoms with Crippen LogP contribution < -0.4 is 5.73 Å². The highest BCUT2D eigenvalue weighted by molar-refractivity contribution is 7.99. The van der Waals surface area contributed by atoms with Gasteiger partial charge in [-0.15, -0.1) is 0 Å². The third-order valence-corrected chi connectivity index (χ3v) is 7.11. The van der Waals surface area contributed by atoms with Crippen LogP contribution in [0.3, 0.4) is 0 Å². The van der Waals surface area contributed by atoms with E-state index in [0.717, 1.165) is 38.2 Å². The molecule has 0 aromatic rings. The number of nitrogens with zero attached hydrogens (tertiary/aromatic N) is 3. The molecule has 0 radical (unpaired) electrons. The molecular formula is C27H54N4O4S. The largest absolute Gasteiger partial charge is 0.390 e. The summed E-state index contributed by atoms with van der Waals surface area (Å²) in [4.78, 5) is 43.5. The quantitative estimate of drug-likeness (QED) is 0.248. The van der Waals surface area contributed by atoms with Gasteiger partial charge in [0.25, 0.3) is 0 Å². The number of carbonyl (C=O) groups excluding carboxylic acids is 3. The minimum absolute atomic E-state index is 0.0281. The van der Waals surface area contributed by atoms with E-state index in [-0.39, 0.29) is 18.2 Å². The van der Waals surface area contributed by atoms with E-state index in [2.05, 4.69) is 32.6 Å². The SMILES string of the molecule is CCCC(=O)N(C)[C@H](CSCCCCN(CC(C)C)CC(C)C)C(=O)N(C)[C@@H](CC(C)(C)O)C(N)=O. The van der Waals surface area contributed by atoms with Crippen molar-refractivity contribution in [2.75, 3.05) is 45.2 Å². The van der Waals surface area contributed by atoms with Crippen LogP contribution in [-0.2, 0) is 14.4 Å². The van der Waals surface area contributed by atoms with E-state index >= 15 is 0 Å². The Hall–Kier alpha value is -1.32. The Labute approximate surface area is 224 Å². The highest BCUT2D eigenvalue weighted by Gasteiger charge is 2.36. The van der Waals surface area contributed by atoms with Gasteiger partial charge in [-0.25, -0.2) is 0 Å². The zero-order valence-electron chi connectivity index (χ0n) is 24.4. The van der Waals surface area contributed by atoms with Crippen LogP contribution in [0.4, 0.5) is 0 Å². The molecule has 0 bridgehead atoms. The number of rotatable bonds is 19. The van der Waals surface area contributed by atoms with Crippen LogP contribution in [0.5, 0.6) is 0 Å². The van der Waals surface area contributed by atoms with Crippen molar-refractivity contribution in [3.63, 3.8) is 0 Å². The standard InChI is InChI=1S/C27H54N4O4S/c1-10-13-24(32)29(8)23(26(34)30(9)22(25(28)33)16-27(6,7)35)19-36-15-12-11-14-31(17-20(2)3)18-21(4)5/h20-23,35H,10-19H2,1-9H3,(H2,28,33)/t22-,23+/m0/s1. The van der Waals surface area contributed by atoms with Gasteiger partial charge in [-0.05, 0) is 57.2 Å². The molecule has 0 unspecified atom stereocenters. The highest BCUT2D eigenvalue weighted by atomic mass is 32.2. The summed E-state index contributed by atoms with van der Waals surface area (Å²) in [6.45, 7) is 17.3. The molecule has 9 heteroatoms. The number of thioether (sulfide) groups is 1. The summed E-state index contributed by atoms with van der Waals surface area (Å²) in [5, 5.41) is 10.2. The summed E-state index contributed by atoms with van der Waals surface area (Å²) in [7, 11) is 3.18. The first kappa shape index (κ1) is 34.7. The van der Waals surface area contributed by atoms with Gasteiger partial charge in [-0.2, -0.15) is 11.8 Å². The van der Waals surface area contributed by atoms with Gasteiger partial charge in [0, 0.05) is 45.8 Å². The minimum atomic E-state index is -1.17. The highest BCUT2D eigenvalue weighted by Crippen LogP contribution is 2.19. The zero-order valence-corrected chi connectivity index (χ0v) is 25.2. The van der Waals surface area contributed by atoms with Crippen molar-refractivity contribution in [3.8, 4) is 0 Å². The molecule has 0 spiro atoms. The van der Waals surface area contributed by atoms with E-state index in [1.165, 1.54) is 16.8 Å². The van der Waals surface area contributed by atoms with Crippen molar-refractivity contribution in [1.29, 1.82) is 0 Å². The monoisotopic (exact) mass is 530 g/mol. The normalized spacial score (nSPS) is 13.8. The summed E-state index contributed by atoms with van der Waals surface area (Å²) < 4.78 is 0. The third-order valence-electron chi connectivity index (χ3n) is 5.98. The van der Waals surface area contributed by atoms with Crippen molar-refractivity contribution >= 4 is 29.5 Å². The van der Waals surface area contributed by atoms with Crippen molar-refractivity contribution in [1.82, 2.24) is 14.7 Å². The molecule has 0 aliphatic heterocycles. The van der Waals surface area contributed by atoms with Crippen molar-refractivity contribution < 1.29 is 19.5 Å². The number of hydrogen-bond donors (Lipinski definition) is 2. The first-order valence-electron chi connectivity index (χ1n) is 13.4. The Morgan fingerprint density at radius 3 is 1.94 bits per heavy atom. The maximum absolute atomic E-state index is 13.5. The fourth-order valence-electron chi connectivity index (χ4n) is 4.23. The Morgan fingerprint density at radius 2 is 1.50 bits per heavy atom. The van der Waals surface area contributed by atoms with Crippen LogP contribution in [0.25, 0.3) is 0 Å². The summed E-state index contributed by atoms with van der Waals surface area (Å²) in [6, 6.07) is -1.64. The van der Waals surface area contributed by atoms with E-state index in [9.17, 15) is 19.5 Å². The Bertz CT molecular complexity index is 657. The van der Waals surface area contributed by atoms with Crippen molar-refractivity contribution in [2.45, 2.75) is 98.3 Å². The van der Waals surface area contributed by atoms with Crippen molar-refractivity contribution in [3.05, 3.63) is 0 Å². The molecule has 0 saturated carbocycles. The number of primary amides is 1. The number of hydrogen-bond acceptors (Lipinski definition) is 6. The predicted octanol–water partition coefficient (Wildman–Crippen LogP) is 3.21. The molecule has 0 rings (SSSR count). The van der Waals surface area contributed by atoms with Gasteiger partial charge in [-0.3, -0.25) is 14.4 Å². The maximum atomic E-state index is 13.5. The lowest BCUT2D eigenvalue weighted by atomic mass is 9.97. The van der Waals surface area contributed by atoms with Gasteiger partial charge in [0.2, 0.25) is 17.7 Å². The first-order chi connectivity index (χ1) is 16.6. The molecule has 36 heavy (non-hydrogen) atoms. The fraction of sp³-hybridized carbons (Fsp3) is 0.889. The second kappa shape index (κ2) is 17.2. The fourth-order valence-corrected chi connectivity index (χ4v) is 5.39. The number of nitrogens with two attached hydrogens (primary N) is 1. The van der Waals surface area contributed by atoms with Gasteiger partial charge in [0.05, 0.1) is 5.60 Å². The molecule has 0 fully saturated rings. The molecule has 3 amide bonds. The van der Waals surface area contributed by atoms with Crippen LogP contribution in [-0.4, -0.2) is 100 Å². The Morgan fingerprint density at radius 1 is 0.944 bits per heavy atom. The zero-order chi connectivity index (χ0) is 28.1. The average molecular weight is 531 g/mol. The maximum Gasteiger partial charge on any atom is 0.246 e. The Kier molecular flexibility index (Phi) is 16.6. The molecule has 0 aliphatic carbocycles. The number of likely N-dealkylation sites (N-methyl/N-ethyl adjacent to an activating group) is 2. The second-order valence-corrected chi connectivity index (χ2v) is 12.6. The van der Waals surface area contributed by atoms with E-state index in [1.807, 2.05) is 6.92 Å². The molecule has 8 nitrogen and oxygen atoms in total. The molecule has 2 atom stereocenters. The first-order valence-corrected chi connectivity index (χ1v) is 14.6. The predicted molar refractivity (Wildman–Crippen MR) is 151 cm³/mol. The molecule has 0 heterocycles. The Balaban J connectivity index is 5.18. The van der Waals surface area contributed by atoms with Gasteiger partial charge < -0.3 is 25.5 Å². The van der Waals surface area contributed by atoms with Crippen LogP contribution in [0.2, 0.25) is 0 Å². The lowest BCUT2D eigenvalue weighted by molar-refractivity contribution is -0.147. The van der Waals surface area contributed by atoms with E-state index in [0.29, 0.717) is 30.4 Å². The number of unbranched alkanes of at least 4 members (excludes halogenated alkanes) is 1. The van der Waals surface area contributed by atoms with Crippen LogP contribution >= 0.6 is 11.8 Å².